The van der Waals surface area contributed by atoms with Crippen molar-refractivity contribution in [3.05, 3.63) is 42.0 Å². The molecule has 120 valence electrons. The second kappa shape index (κ2) is 6.28. The molecule has 2 N–H and O–H groups in total. The van der Waals surface area contributed by atoms with Crippen molar-refractivity contribution in [3.63, 3.8) is 0 Å². The second-order valence-corrected chi connectivity index (χ2v) is 6.09. The van der Waals surface area contributed by atoms with Crippen LogP contribution in [-0.2, 0) is 4.79 Å². The minimum absolute atomic E-state index is 0.230. The van der Waals surface area contributed by atoms with E-state index in [1.807, 2.05) is 37.3 Å². The first-order chi connectivity index (χ1) is 11.0. The predicted molar refractivity (Wildman–Crippen MR) is 89.6 cm³/mol. The van der Waals surface area contributed by atoms with Gasteiger partial charge in [-0.2, -0.15) is 0 Å². The number of likely N-dealkylation sites (tertiary alicyclic amines) is 1. The first kappa shape index (κ1) is 15.3. The molecule has 23 heavy (non-hydrogen) atoms. The third-order valence-corrected chi connectivity index (χ3v) is 4.31. The molecule has 2 aromatic rings. The molecule has 1 aliphatic rings. The molecule has 3 rings (SSSR count). The standard InChI is InChI=1S/C18H20N2O3/c1-12-9-13-5-2-3-7-15(13)16(10-12)19-18(23)20-8-4-6-14(11-20)17(21)22/h2-3,5,7,9-10,14H,4,6,8,11H2,1H3,(H,19,23)(H,21,22). The predicted octanol–water partition coefficient (Wildman–Crippen LogP) is 3.48. The van der Waals surface area contributed by atoms with Gasteiger partial charge in [-0.05, 0) is 36.8 Å². The minimum Gasteiger partial charge on any atom is -0.481 e. The summed E-state index contributed by atoms with van der Waals surface area (Å²) < 4.78 is 0. The van der Waals surface area contributed by atoms with Crippen molar-refractivity contribution >= 4 is 28.5 Å². The summed E-state index contributed by atoms with van der Waals surface area (Å²) in [4.78, 5) is 25.3. The van der Waals surface area contributed by atoms with E-state index in [1.165, 1.54) is 0 Å². The molecule has 0 bridgehead atoms. The van der Waals surface area contributed by atoms with Crippen LogP contribution in [0.2, 0.25) is 0 Å². The summed E-state index contributed by atoms with van der Waals surface area (Å²) in [5.41, 5.74) is 1.84. The highest BCUT2D eigenvalue weighted by molar-refractivity contribution is 6.02. The van der Waals surface area contributed by atoms with Gasteiger partial charge in [0, 0.05) is 18.5 Å². The van der Waals surface area contributed by atoms with E-state index in [-0.39, 0.29) is 12.6 Å². The highest BCUT2D eigenvalue weighted by atomic mass is 16.4. The molecule has 0 spiro atoms. The molecular weight excluding hydrogens is 292 g/mol. The first-order valence-electron chi connectivity index (χ1n) is 7.83. The van der Waals surface area contributed by atoms with E-state index < -0.39 is 11.9 Å². The smallest absolute Gasteiger partial charge is 0.321 e. The average Bonchev–Trinajstić information content (AvgIpc) is 2.54. The van der Waals surface area contributed by atoms with Crippen molar-refractivity contribution in [1.82, 2.24) is 4.90 Å². The Hall–Kier alpha value is -2.56. The quantitative estimate of drug-likeness (QED) is 0.892. The molecule has 2 aromatic carbocycles. The Kier molecular flexibility index (Phi) is 4.19. The summed E-state index contributed by atoms with van der Waals surface area (Å²) in [6, 6.07) is 11.7. The van der Waals surface area contributed by atoms with Gasteiger partial charge in [-0.25, -0.2) is 4.79 Å². The number of benzene rings is 2. The Labute approximate surface area is 134 Å². The van der Waals surface area contributed by atoms with Gasteiger partial charge in [-0.1, -0.05) is 30.3 Å². The number of carbonyl (C=O) groups is 2. The molecule has 1 unspecified atom stereocenters. The lowest BCUT2D eigenvalue weighted by Gasteiger charge is -2.30. The number of aliphatic carboxylic acids is 1. The molecule has 0 aliphatic carbocycles. The Balaban J connectivity index is 1.81. The van der Waals surface area contributed by atoms with Crippen molar-refractivity contribution in [2.24, 2.45) is 5.92 Å². The van der Waals surface area contributed by atoms with Crippen LogP contribution in [0.25, 0.3) is 10.8 Å². The second-order valence-electron chi connectivity index (χ2n) is 6.09. The third-order valence-electron chi connectivity index (χ3n) is 4.31. The highest BCUT2D eigenvalue weighted by Crippen LogP contribution is 2.26. The first-order valence-corrected chi connectivity index (χ1v) is 7.83. The van der Waals surface area contributed by atoms with Gasteiger partial charge in [0.15, 0.2) is 0 Å². The van der Waals surface area contributed by atoms with Crippen molar-refractivity contribution in [3.8, 4) is 0 Å². The number of aryl methyl sites for hydroxylation is 1. The van der Waals surface area contributed by atoms with Crippen LogP contribution in [0.5, 0.6) is 0 Å². The summed E-state index contributed by atoms with van der Waals surface area (Å²) in [5, 5.41) is 14.2. The SMILES string of the molecule is Cc1cc(NC(=O)N2CCCC(C(=O)O)C2)c2ccccc2c1. The number of carbonyl (C=O) groups excluding carboxylic acids is 1. The van der Waals surface area contributed by atoms with E-state index in [1.54, 1.807) is 4.90 Å². The summed E-state index contributed by atoms with van der Waals surface area (Å²) in [7, 11) is 0. The molecule has 1 aliphatic heterocycles. The Bertz CT molecular complexity index is 757. The van der Waals surface area contributed by atoms with Crippen LogP contribution < -0.4 is 5.32 Å². The summed E-state index contributed by atoms with van der Waals surface area (Å²) in [6.07, 6.45) is 1.35. The van der Waals surface area contributed by atoms with Gasteiger partial charge in [-0.15, -0.1) is 0 Å². The number of anilines is 1. The van der Waals surface area contributed by atoms with Crippen LogP contribution in [0, 0.1) is 12.8 Å². The van der Waals surface area contributed by atoms with Crippen LogP contribution in [0.3, 0.4) is 0 Å². The maximum atomic E-state index is 12.5. The summed E-state index contributed by atoms with van der Waals surface area (Å²) in [6.45, 7) is 2.85. The number of amides is 2. The number of piperidine rings is 1. The molecule has 1 atom stereocenters. The fourth-order valence-corrected chi connectivity index (χ4v) is 3.12. The lowest BCUT2D eigenvalue weighted by atomic mass is 9.99. The summed E-state index contributed by atoms with van der Waals surface area (Å²) in [5.74, 6) is -1.30. The van der Waals surface area contributed by atoms with Gasteiger partial charge in [0.25, 0.3) is 0 Å². The van der Waals surface area contributed by atoms with E-state index >= 15 is 0 Å². The van der Waals surface area contributed by atoms with Crippen LogP contribution in [0.4, 0.5) is 10.5 Å². The number of urea groups is 1. The van der Waals surface area contributed by atoms with E-state index in [2.05, 4.69) is 11.4 Å². The lowest BCUT2D eigenvalue weighted by molar-refractivity contribution is -0.143. The highest BCUT2D eigenvalue weighted by Gasteiger charge is 2.28. The molecule has 1 saturated heterocycles. The van der Waals surface area contributed by atoms with Crippen molar-refractivity contribution in [2.75, 3.05) is 18.4 Å². The number of carboxylic acid groups (broad SMARTS) is 1. The number of fused-ring (bicyclic) bond motifs is 1. The fourth-order valence-electron chi connectivity index (χ4n) is 3.12. The molecule has 0 aromatic heterocycles. The average molecular weight is 312 g/mol. The molecule has 1 fully saturated rings. The van der Waals surface area contributed by atoms with Crippen molar-refractivity contribution < 1.29 is 14.7 Å². The number of rotatable bonds is 2. The van der Waals surface area contributed by atoms with Gasteiger partial charge in [-0.3, -0.25) is 4.79 Å². The Morgan fingerprint density at radius 2 is 2.04 bits per heavy atom. The van der Waals surface area contributed by atoms with Crippen LogP contribution >= 0.6 is 0 Å². The molecular formula is C18H20N2O3. The van der Waals surface area contributed by atoms with Crippen LogP contribution in [0.15, 0.2) is 36.4 Å². The van der Waals surface area contributed by atoms with E-state index in [0.717, 1.165) is 28.4 Å². The third kappa shape index (κ3) is 3.28. The number of carboxylic acids is 1. The van der Waals surface area contributed by atoms with E-state index in [0.29, 0.717) is 13.0 Å². The normalized spacial score (nSPS) is 18.0. The minimum atomic E-state index is -0.830. The van der Waals surface area contributed by atoms with E-state index in [4.69, 9.17) is 5.11 Å². The fraction of sp³-hybridized carbons (Fsp3) is 0.333. The molecule has 1 heterocycles. The largest absolute Gasteiger partial charge is 0.481 e. The van der Waals surface area contributed by atoms with Gasteiger partial charge in [0.2, 0.25) is 0 Å². The number of nitrogens with one attached hydrogen (secondary N) is 1. The molecule has 0 radical (unpaired) electrons. The zero-order chi connectivity index (χ0) is 16.4. The Morgan fingerprint density at radius 1 is 1.26 bits per heavy atom. The van der Waals surface area contributed by atoms with Crippen LogP contribution in [-0.4, -0.2) is 35.1 Å². The van der Waals surface area contributed by atoms with Crippen LogP contribution in [0.1, 0.15) is 18.4 Å². The number of hydrogen-bond donors (Lipinski definition) is 2. The number of hydrogen-bond acceptors (Lipinski definition) is 2. The van der Waals surface area contributed by atoms with Gasteiger partial charge < -0.3 is 15.3 Å². The molecule has 5 heteroatoms. The monoisotopic (exact) mass is 312 g/mol. The van der Waals surface area contributed by atoms with E-state index in [9.17, 15) is 9.59 Å². The molecule has 2 amide bonds. The zero-order valence-corrected chi connectivity index (χ0v) is 13.1. The van der Waals surface area contributed by atoms with Gasteiger partial charge in [0.1, 0.15) is 0 Å². The van der Waals surface area contributed by atoms with Gasteiger partial charge in [0.05, 0.1) is 11.6 Å². The summed E-state index contributed by atoms with van der Waals surface area (Å²) >= 11 is 0. The molecule has 5 nitrogen and oxygen atoms in total. The topological polar surface area (TPSA) is 69.6 Å². The Morgan fingerprint density at radius 3 is 2.83 bits per heavy atom. The van der Waals surface area contributed by atoms with Gasteiger partial charge >= 0.3 is 12.0 Å². The zero-order valence-electron chi connectivity index (χ0n) is 13.1. The lowest BCUT2D eigenvalue weighted by Crippen LogP contribution is -2.44. The maximum absolute atomic E-state index is 12.5. The van der Waals surface area contributed by atoms with Crippen molar-refractivity contribution in [1.29, 1.82) is 0 Å². The van der Waals surface area contributed by atoms with Crippen molar-refractivity contribution in [2.45, 2.75) is 19.8 Å². The molecule has 0 saturated carbocycles. The maximum Gasteiger partial charge on any atom is 0.321 e. The number of nitrogens with zero attached hydrogens (tertiary/aromatic N) is 1.